The molecule has 2 rings (SSSR count). The lowest BCUT2D eigenvalue weighted by Crippen LogP contribution is -2.11. The molecule has 0 aliphatic heterocycles. The van der Waals surface area contributed by atoms with Crippen molar-refractivity contribution in [2.45, 2.75) is 18.7 Å². The van der Waals surface area contributed by atoms with Gasteiger partial charge in [-0.05, 0) is 31.5 Å². The standard InChI is InChI=1S/C11H12N2O3S/c1-7-11(8(2)16-13-7)9-3-5-10(6-4-9)17(12,14)15/h3-6H,1-2H3,(H2,12,14,15). The van der Waals surface area contributed by atoms with E-state index in [1.165, 1.54) is 12.1 Å². The first-order valence-corrected chi connectivity index (χ1v) is 6.50. The van der Waals surface area contributed by atoms with Crippen LogP contribution in [0.4, 0.5) is 0 Å². The maximum Gasteiger partial charge on any atom is 0.238 e. The summed E-state index contributed by atoms with van der Waals surface area (Å²) in [7, 11) is -3.65. The van der Waals surface area contributed by atoms with Crippen molar-refractivity contribution in [1.82, 2.24) is 5.16 Å². The largest absolute Gasteiger partial charge is 0.361 e. The van der Waals surface area contributed by atoms with Gasteiger partial charge in [-0.25, -0.2) is 13.6 Å². The highest BCUT2D eigenvalue weighted by Crippen LogP contribution is 2.27. The number of rotatable bonds is 2. The number of aryl methyl sites for hydroxylation is 2. The van der Waals surface area contributed by atoms with Gasteiger partial charge in [0, 0.05) is 5.56 Å². The maximum absolute atomic E-state index is 11.1. The second kappa shape index (κ2) is 3.97. The molecule has 2 aromatic rings. The number of nitrogens with zero attached hydrogens (tertiary/aromatic N) is 1. The first kappa shape index (κ1) is 11.8. The second-order valence-electron chi connectivity index (χ2n) is 3.77. The van der Waals surface area contributed by atoms with Gasteiger partial charge in [-0.2, -0.15) is 0 Å². The van der Waals surface area contributed by atoms with Gasteiger partial charge in [0.2, 0.25) is 10.0 Å². The van der Waals surface area contributed by atoms with Crippen molar-refractivity contribution in [3.05, 3.63) is 35.7 Å². The van der Waals surface area contributed by atoms with E-state index in [0.29, 0.717) is 5.76 Å². The predicted octanol–water partition coefficient (Wildman–Crippen LogP) is 1.61. The van der Waals surface area contributed by atoms with Gasteiger partial charge in [-0.3, -0.25) is 0 Å². The third-order valence-electron chi connectivity index (χ3n) is 2.50. The molecule has 0 fully saturated rings. The summed E-state index contributed by atoms with van der Waals surface area (Å²) in [6.45, 7) is 3.64. The summed E-state index contributed by atoms with van der Waals surface area (Å²) in [6.07, 6.45) is 0. The van der Waals surface area contributed by atoms with Gasteiger partial charge < -0.3 is 4.52 Å². The molecule has 0 spiro atoms. The van der Waals surface area contributed by atoms with Crippen LogP contribution in [-0.4, -0.2) is 13.6 Å². The lowest BCUT2D eigenvalue weighted by atomic mass is 10.0. The molecule has 2 N–H and O–H groups in total. The van der Waals surface area contributed by atoms with E-state index in [9.17, 15) is 8.42 Å². The summed E-state index contributed by atoms with van der Waals surface area (Å²) in [5.41, 5.74) is 2.51. The van der Waals surface area contributed by atoms with Crippen LogP contribution in [0, 0.1) is 13.8 Å². The fourth-order valence-electron chi connectivity index (χ4n) is 1.71. The molecule has 0 saturated carbocycles. The average molecular weight is 252 g/mol. The average Bonchev–Trinajstić information content (AvgIpc) is 2.58. The van der Waals surface area contributed by atoms with Gasteiger partial charge in [0.25, 0.3) is 0 Å². The molecule has 6 heteroatoms. The Balaban J connectivity index is 2.50. The molecule has 1 aromatic heterocycles. The van der Waals surface area contributed by atoms with Crippen molar-refractivity contribution in [1.29, 1.82) is 0 Å². The summed E-state index contributed by atoms with van der Waals surface area (Å²) in [5.74, 6) is 0.700. The topological polar surface area (TPSA) is 86.2 Å². The molecule has 0 radical (unpaired) electrons. The van der Waals surface area contributed by atoms with Crippen LogP contribution in [0.1, 0.15) is 11.5 Å². The van der Waals surface area contributed by atoms with Crippen LogP contribution in [0.25, 0.3) is 11.1 Å². The van der Waals surface area contributed by atoms with Crippen LogP contribution in [0.5, 0.6) is 0 Å². The number of aromatic nitrogens is 1. The van der Waals surface area contributed by atoms with Gasteiger partial charge in [0.1, 0.15) is 5.76 Å². The van der Waals surface area contributed by atoms with Crippen LogP contribution >= 0.6 is 0 Å². The molecule has 0 saturated heterocycles. The van der Waals surface area contributed by atoms with Gasteiger partial charge in [0.05, 0.1) is 10.6 Å². The molecule has 17 heavy (non-hydrogen) atoms. The zero-order valence-electron chi connectivity index (χ0n) is 9.47. The molecule has 5 nitrogen and oxygen atoms in total. The minimum Gasteiger partial charge on any atom is -0.361 e. The molecule has 1 heterocycles. The third kappa shape index (κ3) is 2.22. The SMILES string of the molecule is Cc1noc(C)c1-c1ccc(S(N)(=O)=O)cc1. The van der Waals surface area contributed by atoms with E-state index < -0.39 is 10.0 Å². The van der Waals surface area contributed by atoms with E-state index in [0.717, 1.165) is 16.8 Å². The summed E-state index contributed by atoms with van der Waals surface area (Å²) in [4.78, 5) is 0.0908. The molecule has 0 unspecified atom stereocenters. The fourth-order valence-corrected chi connectivity index (χ4v) is 2.22. The Morgan fingerprint density at radius 2 is 1.76 bits per heavy atom. The van der Waals surface area contributed by atoms with Crippen LogP contribution in [0.2, 0.25) is 0 Å². The van der Waals surface area contributed by atoms with E-state index in [1.807, 2.05) is 13.8 Å². The molecule has 0 atom stereocenters. The zero-order chi connectivity index (χ0) is 12.6. The van der Waals surface area contributed by atoms with Crippen molar-refractivity contribution in [3.8, 4) is 11.1 Å². The lowest BCUT2D eigenvalue weighted by Gasteiger charge is -2.02. The van der Waals surface area contributed by atoms with Crippen molar-refractivity contribution in [3.63, 3.8) is 0 Å². The third-order valence-corrected chi connectivity index (χ3v) is 3.43. The van der Waals surface area contributed by atoms with Crippen LogP contribution in [0.15, 0.2) is 33.7 Å². The van der Waals surface area contributed by atoms with Crippen LogP contribution < -0.4 is 5.14 Å². The molecule has 0 aliphatic rings. The first-order valence-electron chi connectivity index (χ1n) is 4.95. The highest BCUT2D eigenvalue weighted by molar-refractivity contribution is 7.89. The Bertz CT molecular complexity index is 622. The summed E-state index contributed by atoms with van der Waals surface area (Å²) >= 11 is 0. The highest BCUT2D eigenvalue weighted by atomic mass is 32.2. The van der Waals surface area contributed by atoms with Gasteiger partial charge in [-0.15, -0.1) is 0 Å². The van der Waals surface area contributed by atoms with E-state index in [2.05, 4.69) is 5.16 Å². The summed E-state index contributed by atoms with van der Waals surface area (Å²) < 4.78 is 27.3. The Kier molecular flexibility index (Phi) is 2.76. The number of hydrogen-bond acceptors (Lipinski definition) is 4. The Morgan fingerprint density at radius 1 is 1.18 bits per heavy atom. The molecule has 0 aliphatic carbocycles. The minimum atomic E-state index is -3.65. The second-order valence-corrected chi connectivity index (χ2v) is 5.33. The zero-order valence-corrected chi connectivity index (χ0v) is 10.3. The molecular weight excluding hydrogens is 240 g/mol. The van der Waals surface area contributed by atoms with Gasteiger partial charge in [0.15, 0.2) is 0 Å². The predicted molar refractivity (Wildman–Crippen MR) is 62.8 cm³/mol. The van der Waals surface area contributed by atoms with E-state index in [4.69, 9.17) is 9.66 Å². The quantitative estimate of drug-likeness (QED) is 0.879. The number of nitrogens with two attached hydrogens (primary N) is 1. The number of benzene rings is 1. The summed E-state index contributed by atoms with van der Waals surface area (Å²) in [5, 5.41) is 8.87. The van der Waals surface area contributed by atoms with E-state index in [-0.39, 0.29) is 4.90 Å². The van der Waals surface area contributed by atoms with Crippen molar-refractivity contribution in [2.75, 3.05) is 0 Å². The summed E-state index contributed by atoms with van der Waals surface area (Å²) in [6, 6.07) is 6.31. The first-order chi connectivity index (χ1) is 7.89. The monoisotopic (exact) mass is 252 g/mol. The normalized spacial score (nSPS) is 11.7. The highest BCUT2D eigenvalue weighted by Gasteiger charge is 2.13. The Labute approximate surface area is 99.3 Å². The van der Waals surface area contributed by atoms with E-state index in [1.54, 1.807) is 12.1 Å². The molecule has 90 valence electrons. The smallest absolute Gasteiger partial charge is 0.238 e. The van der Waals surface area contributed by atoms with Gasteiger partial charge in [-0.1, -0.05) is 17.3 Å². The number of hydrogen-bond donors (Lipinski definition) is 1. The molecule has 0 amide bonds. The van der Waals surface area contributed by atoms with Crippen molar-refractivity contribution >= 4 is 10.0 Å². The number of primary sulfonamides is 1. The molecule has 1 aromatic carbocycles. The van der Waals surface area contributed by atoms with Crippen LogP contribution in [-0.2, 0) is 10.0 Å². The minimum absolute atomic E-state index is 0.0908. The number of sulfonamides is 1. The lowest BCUT2D eigenvalue weighted by molar-refractivity contribution is 0.393. The fraction of sp³-hybridized carbons (Fsp3) is 0.182. The van der Waals surface area contributed by atoms with Crippen LogP contribution in [0.3, 0.4) is 0 Å². The van der Waals surface area contributed by atoms with Crippen molar-refractivity contribution < 1.29 is 12.9 Å². The Morgan fingerprint density at radius 3 is 2.18 bits per heavy atom. The van der Waals surface area contributed by atoms with Crippen molar-refractivity contribution in [2.24, 2.45) is 5.14 Å². The Hall–Kier alpha value is -1.66. The van der Waals surface area contributed by atoms with Gasteiger partial charge >= 0.3 is 0 Å². The molecule has 0 bridgehead atoms. The molecular formula is C11H12N2O3S. The maximum atomic E-state index is 11.1. The van der Waals surface area contributed by atoms with E-state index >= 15 is 0 Å².